The fourth-order valence-corrected chi connectivity index (χ4v) is 3.22. The highest BCUT2D eigenvalue weighted by Gasteiger charge is 2.43. The lowest BCUT2D eigenvalue weighted by molar-refractivity contribution is 0.0439. The van der Waals surface area contributed by atoms with Crippen molar-refractivity contribution in [2.75, 3.05) is 39.6 Å². The largest absolute Gasteiger partial charge is 0.458 e. The maximum atomic E-state index is 13.4. The Morgan fingerprint density at radius 2 is 0.452 bits per heavy atom. The molecule has 0 unspecified atom stereocenters. The predicted octanol–water partition coefficient (Wildman–Crippen LogP) is 3.74. The van der Waals surface area contributed by atoms with Gasteiger partial charge in [-0.15, -0.1) is 0 Å². The Labute approximate surface area is 242 Å². The van der Waals surface area contributed by atoms with Crippen LogP contribution < -0.4 is 0 Å². The third-order valence-electron chi connectivity index (χ3n) is 4.72. The second-order valence-corrected chi connectivity index (χ2v) is 7.57. The van der Waals surface area contributed by atoms with Crippen molar-refractivity contribution in [3.63, 3.8) is 0 Å². The molecule has 1 aromatic carbocycles. The molecular weight excluding hydrogens is 552 g/mol. The van der Waals surface area contributed by atoms with E-state index in [1.165, 1.54) is 36.5 Å². The van der Waals surface area contributed by atoms with E-state index in [0.29, 0.717) is 0 Å². The summed E-state index contributed by atoms with van der Waals surface area (Å²) in [5.74, 6) is -8.37. The van der Waals surface area contributed by atoms with Gasteiger partial charge in [-0.05, 0) is 0 Å². The van der Waals surface area contributed by atoms with Gasteiger partial charge < -0.3 is 28.4 Å². The molecule has 1 aromatic rings. The normalized spacial score (nSPS) is 9.71. The van der Waals surface area contributed by atoms with Gasteiger partial charge in [0, 0.05) is 0 Å². The Balaban J connectivity index is 4.64. The number of rotatable bonds is 18. The first kappa shape index (κ1) is 34.5. The maximum absolute atomic E-state index is 13.4. The molecule has 0 amide bonds. The maximum Gasteiger partial charge on any atom is 0.340 e. The van der Waals surface area contributed by atoms with Crippen molar-refractivity contribution in [2.24, 2.45) is 0 Å². The van der Waals surface area contributed by atoms with E-state index in [9.17, 15) is 28.8 Å². The number of hydrogen-bond acceptors (Lipinski definition) is 12. The van der Waals surface area contributed by atoms with E-state index >= 15 is 0 Å². The van der Waals surface area contributed by atoms with Gasteiger partial charge in [0.2, 0.25) is 0 Å². The predicted molar refractivity (Wildman–Crippen MR) is 149 cm³/mol. The Morgan fingerprint density at radius 3 is 0.548 bits per heavy atom. The van der Waals surface area contributed by atoms with Crippen LogP contribution in [0.3, 0.4) is 0 Å². The van der Waals surface area contributed by atoms with Crippen molar-refractivity contribution in [1.29, 1.82) is 0 Å². The van der Waals surface area contributed by atoms with E-state index in [1.807, 2.05) is 0 Å². The van der Waals surface area contributed by atoms with Crippen LogP contribution in [0.4, 0.5) is 0 Å². The van der Waals surface area contributed by atoms with E-state index in [4.69, 9.17) is 28.4 Å². The Bertz CT molecular complexity index is 1030. The van der Waals surface area contributed by atoms with Crippen molar-refractivity contribution in [3.05, 3.63) is 109 Å². The molecule has 42 heavy (non-hydrogen) atoms. The molecule has 0 N–H and O–H groups in total. The molecule has 0 heterocycles. The van der Waals surface area contributed by atoms with Crippen LogP contribution >= 0.6 is 0 Å². The zero-order valence-corrected chi connectivity index (χ0v) is 22.8. The summed E-state index contributed by atoms with van der Waals surface area (Å²) in [5, 5.41) is 0. The van der Waals surface area contributed by atoms with Gasteiger partial charge in [-0.1, -0.05) is 75.9 Å². The lowest BCUT2D eigenvalue weighted by Crippen LogP contribution is -2.31. The Morgan fingerprint density at radius 1 is 0.333 bits per heavy atom. The molecule has 0 spiro atoms. The molecule has 0 aliphatic rings. The summed E-state index contributed by atoms with van der Waals surface area (Å²) in [7, 11) is 0. The van der Waals surface area contributed by atoms with Crippen LogP contribution in [0.15, 0.2) is 75.9 Å². The summed E-state index contributed by atoms with van der Waals surface area (Å²) in [6.45, 7) is 18.0. The molecule has 0 aromatic heterocycles. The monoisotopic (exact) mass is 582 g/mol. The molecule has 1 rings (SSSR count). The quantitative estimate of drug-likeness (QED) is 0.140. The molecule has 12 heteroatoms. The van der Waals surface area contributed by atoms with Crippen LogP contribution in [0.5, 0.6) is 0 Å². The van der Waals surface area contributed by atoms with Gasteiger partial charge in [-0.25, -0.2) is 28.8 Å². The van der Waals surface area contributed by atoms with Crippen LogP contribution in [0.2, 0.25) is 0 Å². The second kappa shape index (κ2) is 17.9. The molecule has 0 fully saturated rings. The summed E-state index contributed by atoms with van der Waals surface area (Å²) in [4.78, 5) is 80.6. The molecule has 0 atom stereocenters. The first-order chi connectivity index (χ1) is 20.2. The lowest BCUT2D eigenvalue weighted by Gasteiger charge is -2.22. The number of carbonyl (C=O) groups excluding carboxylic acids is 6. The van der Waals surface area contributed by atoms with Crippen molar-refractivity contribution in [2.45, 2.75) is 0 Å². The van der Waals surface area contributed by atoms with Crippen molar-refractivity contribution < 1.29 is 57.2 Å². The fourth-order valence-electron chi connectivity index (χ4n) is 3.22. The van der Waals surface area contributed by atoms with Gasteiger partial charge in [0.15, 0.2) is 0 Å². The first-order valence-electron chi connectivity index (χ1n) is 12.1. The SMILES string of the molecule is C=CCOC(=O)c1c(C(=O)OCC=C)c(C(=O)OCC=C)c(C(=O)OCC=C)c(C(=O)OCC=C)c1C(=O)OCC=C. The average molecular weight is 583 g/mol. The summed E-state index contributed by atoms with van der Waals surface area (Å²) in [6, 6.07) is 0. The minimum Gasteiger partial charge on any atom is -0.458 e. The molecule has 0 radical (unpaired) electrons. The van der Waals surface area contributed by atoms with E-state index in [1.54, 1.807) is 0 Å². The van der Waals surface area contributed by atoms with E-state index in [2.05, 4.69) is 39.5 Å². The molecule has 0 saturated heterocycles. The van der Waals surface area contributed by atoms with Crippen molar-refractivity contribution >= 4 is 35.8 Å². The standard InChI is InChI=1S/C30H30O12/c1-7-13-37-25(31)19-20(26(32)38-14-8-2)22(28(34)40-16-10-4)24(30(36)42-18-12-6)23(29(35)41-17-11-5)21(19)27(33)39-15-9-3/h7-12H,1-6,13-18H2. The minimum absolute atomic E-state index is 0.434. The van der Waals surface area contributed by atoms with Gasteiger partial charge in [-0.3, -0.25) is 0 Å². The second-order valence-electron chi connectivity index (χ2n) is 7.57. The molecular formula is C30H30O12. The molecule has 0 saturated carbocycles. The van der Waals surface area contributed by atoms with Gasteiger partial charge >= 0.3 is 35.8 Å². The molecule has 0 bridgehead atoms. The highest BCUT2D eigenvalue weighted by atomic mass is 16.6. The zero-order valence-electron chi connectivity index (χ0n) is 22.8. The first-order valence-corrected chi connectivity index (χ1v) is 12.1. The highest BCUT2D eigenvalue weighted by Crippen LogP contribution is 2.33. The third kappa shape index (κ3) is 8.74. The number of esters is 6. The van der Waals surface area contributed by atoms with E-state index < -0.39 is 109 Å². The van der Waals surface area contributed by atoms with Gasteiger partial charge in [0.05, 0.1) is 33.4 Å². The highest BCUT2D eigenvalue weighted by molar-refractivity contribution is 6.24. The topological polar surface area (TPSA) is 158 Å². The number of ether oxygens (including phenoxy) is 6. The third-order valence-corrected chi connectivity index (χ3v) is 4.72. The van der Waals surface area contributed by atoms with E-state index in [0.717, 1.165) is 0 Å². The summed E-state index contributed by atoms with van der Waals surface area (Å²) in [5.41, 5.74) is -5.77. The van der Waals surface area contributed by atoms with Gasteiger partial charge in [0.1, 0.15) is 39.6 Å². The zero-order chi connectivity index (χ0) is 31.7. The number of benzene rings is 1. The van der Waals surface area contributed by atoms with Crippen LogP contribution in [-0.2, 0) is 28.4 Å². The van der Waals surface area contributed by atoms with Gasteiger partial charge in [0.25, 0.3) is 0 Å². The molecule has 0 aliphatic carbocycles. The smallest absolute Gasteiger partial charge is 0.340 e. The van der Waals surface area contributed by atoms with Crippen LogP contribution in [0.1, 0.15) is 62.1 Å². The molecule has 12 nitrogen and oxygen atoms in total. The van der Waals surface area contributed by atoms with Gasteiger partial charge in [-0.2, -0.15) is 0 Å². The average Bonchev–Trinajstić information content (AvgIpc) is 2.99. The molecule has 222 valence electrons. The Kier molecular flexibility index (Phi) is 14.7. The molecule has 0 aliphatic heterocycles. The fraction of sp³-hybridized carbons (Fsp3) is 0.200. The van der Waals surface area contributed by atoms with Crippen LogP contribution in [0.25, 0.3) is 0 Å². The van der Waals surface area contributed by atoms with E-state index in [-0.39, 0.29) is 0 Å². The lowest BCUT2D eigenvalue weighted by atomic mass is 9.85. The summed E-state index contributed by atoms with van der Waals surface area (Å²) >= 11 is 0. The number of hydrogen-bond donors (Lipinski definition) is 0. The minimum atomic E-state index is -1.40. The summed E-state index contributed by atoms with van der Waals surface area (Å²) < 4.78 is 30.5. The van der Waals surface area contributed by atoms with Crippen LogP contribution in [-0.4, -0.2) is 75.5 Å². The van der Waals surface area contributed by atoms with Crippen molar-refractivity contribution in [3.8, 4) is 0 Å². The Hall–Kier alpha value is -5.52. The number of carbonyl (C=O) groups is 6. The van der Waals surface area contributed by atoms with Crippen LogP contribution in [0, 0.1) is 0 Å². The van der Waals surface area contributed by atoms with Crippen molar-refractivity contribution in [1.82, 2.24) is 0 Å². The summed E-state index contributed by atoms with van der Waals surface area (Å²) in [6.07, 6.45) is 7.02.